The molecule has 0 aliphatic carbocycles. The molecule has 0 fully saturated rings. The Kier molecular flexibility index (Phi) is 5.95. The van der Waals surface area contributed by atoms with Gasteiger partial charge < -0.3 is 0 Å². The van der Waals surface area contributed by atoms with E-state index >= 15 is 0 Å². The van der Waals surface area contributed by atoms with Crippen molar-refractivity contribution in [1.82, 2.24) is 20.6 Å². The zero-order chi connectivity index (χ0) is 6.24. The first-order chi connectivity index (χ1) is 3.91. The second-order valence-corrected chi connectivity index (χ2v) is 1.51. The molecule has 8 heavy (non-hydrogen) atoms. The molecule has 0 spiro atoms. The first kappa shape index (κ1) is 7.42. The second kappa shape index (κ2) is 6.42. The third kappa shape index (κ3) is 5.42. The molecule has 0 radical (unpaired) electrons. The van der Waals surface area contributed by atoms with E-state index < -0.39 is 0 Å². The average Bonchev–Trinajstić information content (AvgIpc) is 2.17. The summed E-state index contributed by atoms with van der Waals surface area (Å²) in [5, 5.41) is 12.2. The van der Waals surface area contributed by atoms with Gasteiger partial charge in [-0.05, 0) is 5.75 Å². The molecule has 1 aromatic heterocycles. The van der Waals surface area contributed by atoms with Crippen LogP contribution in [0.5, 0.6) is 0 Å². The first-order valence-electron chi connectivity index (χ1n) is 2.19. The van der Waals surface area contributed by atoms with Gasteiger partial charge in [-0.15, -0.1) is 10.2 Å². The fourth-order valence-electron chi connectivity index (χ4n) is 0.129. The van der Waals surface area contributed by atoms with Crippen LogP contribution in [0.1, 0.15) is 6.92 Å². The Morgan fingerprint density at radius 3 is 2.50 bits per heavy atom. The summed E-state index contributed by atoms with van der Waals surface area (Å²) >= 11 is 3.79. The Morgan fingerprint density at radius 2 is 2.38 bits per heavy atom. The van der Waals surface area contributed by atoms with Crippen LogP contribution in [0.15, 0.2) is 6.33 Å². The maximum atomic E-state index is 3.79. The van der Waals surface area contributed by atoms with Gasteiger partial charge in [0, 0.05) is 0 Å². The van der Waals surface area contributed by atoms with E-state index in [0.717, 1.165) is 5.75 Å². The van der Waals surface area contributed by atoms with E-state index in [-0.39, 0.29) is 0 Å². The topological polar surface area (TPSA) is 54.5 Å². The molecule has 4 nitrogen and oxygen atoms in total. The van der Waals surface area contributed by atoms with Gasteiger partial charge in [0.1, 0.15) is 0 Å². The maximum Gasteiger partial charge on any atom is 0.161 e. The summed E-state index contributed by atoms with van der Waals surface area (Å²) in [6, 6.07) is 0. The smallest absolute Gasteiger partial charge is 0.161 e. The van der Waals surface area contributed by atoms with E-state index in [9.17, 15) is 0 Å². The van der Waals surface area contributed by atoms with Gasteiger partial charge in [-0.25, -0.2) is 0 Å². The summed E-state index contributed by atoms with van der Waals surface area (Å²) in [5.41, 5.74) is 0. The van der Waals surface area contributed by atoms with Crippen LogP contribution >= 0.6 is 12.6 Å². The van der Waals surface area contributed by atoms with Crippen molar-refractivity contribution in [2.45, 2.75) is 6.92 Å². The zero-order valence-electron chi connectivity index (χ0n) is 4.57. The number of rotatable bonds is 0. The van der Waals surface area contributed by atoms with Gasteiger partial charge in [0.25, 0.3) is 0 Å². The Balaban J connectivity index is 0.000000145. The highest BCUT2D eigenvalue weighted by Crippen LogP contribution is 1.58. The summed E-state index contributed by atoms with van der Waals surface area (Å²) < 4.78 is 0. The van der Waals surface area contributed by atoms with Crippen molar-refractivity contribution >= 4 is 12.6 Å². The lowest BCUT2D eigenvalue weighted by atomic mass is 11.0. The summed E-state index contributed by atoms with van der Waals surface area (Å²) in [4.78, 5) is 0. The standard InChI is InChI=1S/C2H6S.CH2N4/c1-2-3;1-2-4-5-3-1/h3H,2H2,1H3;1H,(H,2,3,4,5). The third-order valence-electron chi connectivity index (χ3n) is 0.270. The van der Waals surface area contributed by atoms with Crippen LogP contribution in [0, 0.1) is 0 Å². The molecule has 1 heterocycles. The Bertz CT molecular complexity index is 78.2. The molecule has 0 saturated carbocycles. The van der Waals surface area contributed by atoms with Crippen LogP contribution in [-0.4, -0.2) is 26.4 Å². The van der Waals surface area contributed by atoms with Gasteiger partial charge in [-0.1, -0.05) is 12.1 Å². The van der Waals surface area contributed by atoms with Crippen LogP contribution in [0.3, 0.4) is 0 Å². The average molecular weight is 132 g/mol. The summed E-state index contributed by atoms with van der Waals surface area (Å²) in [7, 11) is 0. The van der Waals surface area contributed by atoms with Crippen molar-refractivity contribution in [3.63, 3.8) is 0 Å². The number of hydrogen-bond acceptors (Lipinski definition) is 4. The van der Waals surface area contributed by atoms with Crippen molar-refractivity contribution in [3.05, 3.63) is 6.33 Å². The Labute approximate surface area is 53.1 Å². The molecule has 0 aliphatic rings. The van der Waals surface area contributed by atoms with Gasteiger partial charge in [-0.3, -0.25) is 0 Å². The highest BCUT2D eigenvalue weighted by molar-refractivity contribution is 7.80. The van der Waals surface area contributed by atoms with Crippen molar-refractivity contribution < 1.29 is 0 Å². The number of thiol groups is 1. The number of aromatic amines is 1. The van der Waals surface area contributed by atoms with Gasteiger partial charge >= 0.3 is 0 Å². The van der Waals surface area contributed by atoms with Crippen LogP contribution in [0.2, 0.25) is 0 Å². The van der Waals surface area contributed by atoms with E-state index in [2.05, 4.69) is 33.3 Å². The molecular formula is C3H8N4S. The molecule has 0 atom stereocenters. The largest absolute Gasteiger partial charge is 0.180 e. The van der Waals surface area contributed by atoms with E-state index in [0.29, 0.717) is 0 Å². The van der Waals surface area contributed by atoms with Gasteiger partial charge in [0.05, 0.1) is 0 Å². The van der Waals surface area contributed by atoms with Crippen molar-refractivity contribution in [1.29, 1.82) is 0 Å². The number of hydrogen-bond donors (Lipinski definition) is 2. The highest BCUT2D eigenvalue weighted by Gasteiger charge is 1.58. The Hall–Kier alpha value is -0.580. The molecule has 5 heteroatoms. The normalized spacial score (nSPS) is 7.25. The monoisotopic (exact) mass is 132 g/mol. The van der Waals surface area contributed by atoms with E-state index in [4.69, 9.17) is 0 Å². The lowest BCUT2D eigenvalue weighted by Gasteiger charge is -1.48. The first-order valence-corrected chi connectivity index (χ1v) is 2.82. The van der Waals surface area contributed by atoms with Crippen molar-refractivity contribution in [3.8, 4) is 0 Å². The number of nitrogens with zero attached hydrogens (tertiary/aromatic N) is 3. The fraction of sp³-hybridized carbons (Fsp3) is 0.667. The number of tetrazole rings is 1. The Morgan fingerprint density at radius 1 is 1.75 bits per heavy atom. The molecule has 0 saturated heterocycles. The van der Waals surface area contributed by atoms with Crippen LogP contribution in [-0.2, 0) is 0 Å². The highest BCUT2D eigenvalue weighted by atomic mass is 32.1. The number of aromatic nitrogens is 4. The predicted octanol–water partition coefficient (Wildman–Crippen LogP) is 0.136. The van der Waals surface area contributed by atoms with Crippen molar-refractivity contribution in [2.75, 3.05) is 5.75 Å². The third-order valence-corrected chi connectivity index (χ3v) is 0.270. The minimum Gasteiger partial charge on any atom is -0.180 e. The van der Waals surface area contributed by atoms with E-state index in [1.165, 1.54) is 6.33 Å². The van der Waals surface area contributed by atoms with Crippen LogP contribution in [0.25, 0.3) is 0 Å². The molecule has 1 aromatic rings. The predicted molar refractivity (Wildman–Crippen MR) is 33.7 cm³/mol. The minimum absolute atomic E-state index is 0.944. The molecule has 0 unspecified atom stereocenters. The molecule has 46 valence electrons. The van der Waals surface area contributed by atoms with Gasteiger partial charge in [-0.2, -0.15) is 17.8 Å². The lowest BCUT2D eigenvalue weighted by molar-refractivity contribution is 0.881. The van der Waals surface area contributed by atoms with Crippen LogP contribution < -0.4 is 0 Å². The SMILES string of the molecule is CCS.c1nn[nH]n1. The second-order valence-electron chi connectivity index (χ2n) is 0.876. The van der Waals surface area contributed by atoms with Crippen molar-refractivity contribution in [2.24, 2.45) is 0 Å². The molecular weight excluding hydrogens is 124 g/mol. The zero-order valence-corrected chi connectivity index (χ0v) is 5.47. The summed E-state index contributed by atoms with van der Waals surface area (Å²) in [6.07, 6.45) is 1.33. The van der Waals surface area contributed by atoms with Gasteiger partial charge in [0.2, 0.25) is 0 Å². The molecule has 0 amide bonds. The van der Waals surface area contributed by atoms with E-state index in [1.807, 2.05) is 6.92 Å². The molecule has 0 aliphatic heterocycles. The molecule has 1 N–H and O–H groups in total. The molecule has 0 bridgehead atoms. The molecule has 0 aromatic carbocycles. The van der Waals surface area contributed by atoms with E-state index in [1.54, 1.807) is 0 Å². The lowest BCUT2D eigenvalue weighted by Crippen LogP contribution is -1.64. The summed E-state index contributed by atoms with van der Waals surface area (Å²) in [6.45, 7) is 1.99. The summed E-state index contributed by atoms with van der Waals surface area (Å²) in [5.74, 6) is 0.944. The van der Waals surface area contributed by atoms with Gasteiger partial charge in [0.15, 0.2) is 6.33 Å². The van der Waals surface area contributed by atoms with Crippen LogP contribution in [0.4, 0.5) is 0 Å². The number of nitrogens with one attached hydrogen (secondary N) is 1. The quantitative estimate of drug-likeness (QED) is 0.493. The number of H-pyrrole nitrogens is 1. The fourth-order valence-corrected chi connectivity index (χ4v) is 0.129. The molecule has 1 rings (SSSR count). The minimum atomic E-state index is 0.944. The maximum absolute atomic E-state index is 3.79.